The number of carbonyl (C=O) groups is 2. The predicted molar refractivity (Wildman–Crippen MR) is 94.9 cm³/mol. The third-order valence-corrected chi connectivity index (χ3v) is 3.31. The van der Waals surface area contributed by atoms with Crippen LogP contribution in [0.25, 0.3) is 0 Å². The lowest BCUT2D eigenvalue weighted by atomic mass is 10.2. The van der Waals surface area contributed by atoms with Gasteiger partial charge in [-0.1, -0.05) is 12.1 Å². The van der Waals surface area contributed by atoms with Gasteiger partial charge in [-0.25, -0.2) is 4.79 Å². The van der Waals surface area contributed by atoms with Crippen LogP contribution in [-0.2, 0) is 4.79 Å². The number of carboxylic acids is 1. The molecule has 0 spiro atoms. The van der Waals surface area contributed by atoms with E-state index in [4.69, 9.17) is 16.1 Å². The molecule has 0 bridgehead atoms. The van der Waals surface area contributed by atoms with Gasteiger partial charge in [0.2, 0.25) is 0 Å². The van der Waals surface area contributed by atoms with E-state index in [1.165, 1.54) is 30.5 Å². The van der Waals surface area contributed by atoms with E-state index in [1.807, 2.05) is 13.0 Å². The lowest BCUT2D eigenvalue weighted by Crippen LogP contribution is -2.15. The summed E-state index contributed by atoms with van der Waals surface area (Å²) in [6.07, 6.45) is 1.25. The molecule has 0 heterocycles. The molecule has 2 aromatic rings. The van der Waals surface area contributed by atoms with Crippen LogP contribution in [0.15, 0.2) is 54.2 Å². The molecule has 0 radical (unpaired) electrons. The standard InChI is InChI=1S/C18H16N4O3/c1-11-5-6-16(15(20)7-11)21-10-13(9-19)17(23)22-14-4-2-3-12(8-14)18(24)25/h2-8,10,21H,20H2,1H3,(H,22,23)(H,24,25)/b13-10-. The number of hydrogen-bond acceptors (Lipinski definition) is 5. The molecule has 7 nitrogen and oxygen atoms in total. The number of aromatic carboxylic acids is 1. The average Bonchev–Trinajstić information content (AvgIpc) is 2.57. The molecule has 0 saturated heterocycles. The number of anilines is 3. The summed E-state index contributed by atoms with van der Waals surface area (Å²) in [5.74, 6) is -1.77. The van der Waals surface area contributed by atoms with Crippen molar-refractivity contribution in [3.8, 4) is 6.07 Å². The van der Waals surface area contributed by atoms with Gasteiger partial charge in [-0.3, -0.25) is 4.79 Å². The van der Waals surface area contributed by atoms with Crippen LogP contribution < -0.4 is 16.4 Å². The van der Waals surface area contributed by atoms with Gasteiger partial charge >= 0.3 is 5.97 Å². The van der Waals surface area contributed by atoms with Crippen molar-refractivity contribution in [1.29, 1.82) is 5.26 Å². The normalized spacial score (nSPS) is 10.6. The molecule has 7 heteroatoms. The summed E-state index contributed by atoms with van der Waals surface area (Å²) in [4.78, 5) is 23.1. The average molecular weight is 336 g/mol. The Morgan fingerprint density at radius 2 is 2.00 bits per heavy atom. The first-order chi connectivity index (χ1) is 11.9. The Bertz CT molecular complexity index is 897. The van der Waals surface area contributed by atoms with Crippen molar-refractivity contribution in [2.75, 3.05) is 16.4 Å². The Balaban J connectivity index is 2.14. The zero-order valence-corrected chi connectivity index (χ0v) is 13.4. The van der Waals surface area contributed by atoms with Crippen molar-refractivity contribution in [1.82, 2.24) is 0 Å². The summed E-state index contributed by atoms with van der Waals surface area (Å²) >= 11 is 0. The van der Waals surface area contributed by atoms with Gasteiger partial charge in [0.05, 0.1) is 16.9 Å². The van der Waals surface area contributed by atoms with Gasteiger partial charge in [-0.2, -0.15) is 5.26 Å². The van der Waals surface area contributed by atoms with Crippen LogP contribution in [-0.4, -0.2) is 17.0 Å². The van der Waals surface area contributed by atoms with Gasteiger partial charge < -0.3 is 21.5 Å². The summed E-state index contributed by atoms with van der Waals surface area (Å²) in [6.45, 7) is 1.90. The molecular formula is C18H16N4O3. The number of nitrogens with two attached hydrogens (primary N) is 1. The molecule has 2 aromatic carbocycles. The number of nitrogens with one attached hydrogen (secondary N) is 2. The predicted octanol–water partition coefficient (Wildman–Crippen LogP) is 2.73. The monoisotopic (exact) mass is 336 g/mol. The van der Waals surface area contributed by atoms with Crippen molar-refractivity contribution in [2.24, 2.45) is 0 Å². The van der Waals surface area contributed by atoms with Crippen LogP contribution >= 0.6 is 0 Å². The Kier molecular flexibility index (Phi) is 5.38. The molecule has 5 N–H and O–H groups in total. The molecule has 0 aliphatic rings. The molecule has 2 rings (SSSR count). The first-order valence-electron chi connectivity index (χ1n) is 7.28. The van der Waals surface area contributed by atoms with E-state index in [0.29, 0.717) is 11.4 Å². The van der Waals surface area contributed by atoms with E-state index in [2.05, 4.69) is 10.6 Å². The zero-order chi connectivity index (χ0) is 18.4. The SMILES string of the molecule is Cc1ccc(N/C=C(/C#N)C(=O)Nc2cccc(C(=O)O)c2)c(N)c1. The van der Waals surface area contributed by atoms with Gasteiger partial charge in [0.25, 0.3) is 5.91 Å². The molecule has 0 aromatic heterocycles. The van der Waals surface area contributed by atoms with Crippen molar-refractivity contribution in [2.45, 2.75) is 6.92 Å². The highest BCUT2D eigenvalue weighted by atomic mass is 16.4. The zero-order valence-electron chi connectivity index (χ0n) is 13.4. The van der Waals surface area contributed by atoms with Crippen LogP contribution in [0, 0.1) is 18.3 Å². The maximum atomic E-state index is 12.2. The number of amides is 1. The summed E-state index contributed by atoms with van der Waals surface area (Å²) < 4.78 is 0. The third-order valence-electron chi connectivity index (χ3n) is 3.31. The lowest BCUT2D eigenvalue weighted by Gasteiger charge is -2.08. The van der Waals surface area contributed by atoms with Crippen molar-refractivity contribution < 1.29 is 14.7 Å². The van der Waals surface area contributed by atoms with Crippen LogP contribution in [0.5, 0.6) is 0 Å². The number of carboxylic acid groups (broad SMARTS) is 1. The van der Waals surface area contributed by atoms with E-state index in [-0.39, 0.29) is 16.8 Å². The third kappa shape index (κ3) is 4.59. The fraction of sp³-hybridized carbons (Fsp3) is 0.0556. The molecule has 25 heavy (non-hydrogen) atoms. The van der Waals surface area contributed by atoms with Crippen molar-refractivity contribution in [3.63, 3.8) is 0 Å². The smallest absolute Gasteiger partial charge is 0.335 e. The molecule has 0 fully saturated rings. The van der Waals surface area contributed by atoms with Gasteiger partial charge in [-0.15, -0.1) is 0 Å². The molecule has 0 atom stereocenters. The Hall–Kier alpha value is -3.79. The first kappa shape index (κ1) is 17.6. The van der Waals surface area contributed by atoms with E-state index in [9.17, 15) is 9.59 Å². The number of benzene rings is 2. The van der Waals surface area contributed by atoms with E-state index >= 15 is 0 Å². The number of hydrogen-bond donors (Lipinski definition) is 4. The topological polar surface area (TPSA) is 128 Å². The van der Waals surface area contributed by atoms with Gasteiger partial charge in [0.1, 0.15) is 11.6 Å². The van der Waals surface area contributed by atoms with Crippen LogP contribution in [0.3, 0.4) is 0 Å². The van der Waals surface area contributed by atoms with E-state index < -0.39 is 11.9 Å². The molecule has 0 saturated carbocycles. The number of nitrogen functional groups attached to an aromatic ring is 1. The van der Waals surface area contributed by atoms with Crippen LogP contribution in [0.4, 0.5) is 17.1 Å². The first-order valence-corrected chi connectivity index (χ1v) is 7.28. The summed E-state index contributed by atoms with van der Waals surface area (Å²) in [7, 11) is 0. The minimum atomic E-state index is -1.11. The van der Waals surface area contributed by atoms with E-state index in [1.54, 1.807) is 18.2 Å². The van der Waals surface area contributed by atoms with E-state index in [0.717, 1.165) is 5.56 Å². The Morgan fingerprint density at radius 3 is 2.64 bits per heavy atom. The fourth-order valence-corrected chi connectivity index (χ4v) is 2.04. The summed E-state index contributed by atoms with van der Waals surface area (Å²) in [5.41, 5.74) is 8.04. The minimum Gasteiger partial charge on any atom is -0.478 e. The minimum absolute atomic E-state index is 0.0332. The van der Waals surface area contributed by atoms with Gasteiger partial charge in [-0.05, 0) is 42.8 Å². The molecular weight excluding hydrogens is 320 g/mol. The lowest BCUT2D eigenvalue weighted by molar-refractivity contribution is -0.112. The second-order valence-electron chi connectivity index (χ2n) is 5.24. The number of nitrogens with zero attached hydrogens (tertiary/aromatic N) is 1. The quantitative estimate of drug-likeness (QED) is 0.377. The molecule has 126 valence electrons. The van der Waals surface area contributed by atoms with Crippen LogP contribution in [0.2, 0.25) is 0 Å². The molecule has 1 amide bonds. The summed E-state index contributed by atoms with van der Waals surface area (Å²) in [5, 5.41) is 23.4. The van der Waals surface area contributed by atoms with Crippen molar-refractivity contribution >= 4 is 28.9 Å². The second-order valence-corrected chi connectivity index (χ2v) is 5.24. The maximum absolute atomic E-state index is 12.2. The fourth-order valence-electron chi connectivity index (χ4n) is 2.04. The van der Waals surface area contributed by atoms with Gasteiger partial charge in [0.15, 0.2) is 0 Å². The number of rotatable bonds is 5. The Morgan fingerprint density at radius 1 is 1.24 bits per heavy atom. The largest absolute Gasteiger partial charge is 0.478 e. The second kappa shape index (κ2) is 7.66. The Labute approximate surface area is 144 Å². The van der Waals surface area contributed by atoms with Crippen molar-refractivity contribution in [3.05, 3.63) is 65.4 Å². The summed E-state index contributed by atoms with van der Waals surface area (Å²) in [6, 6.07) is 12.9. The highest BCUT2D eigenvalue weighted by Gasteiger charge is 2.11. The highest BCUT2D eigenvalue weighted by Crippen LogP contribution is 2.20. The number of nitriles is 1. The van der Waals surface area contributed by atoms with Crippen LogP contribution in [0.1, 0.15) is 15.9 Å². The number of carbonyl (C=O) groups excluding carboxylic acids is 1. The molecule has 0 unspecified atom stereocenters. The number of aryl methyl sites for hydroxylation is 1. The maximum Gasteiger partial charge on any atom is 0.335 e. The highest BCUT2D eigenvalue weighted by molar-refractivity contribution is 6.07. The van der Waals surface area contributed by atoms with Gasteiger partial charge in [0, 0.05) is 11.9 Å². The molecule has 0 aliphatic carbocycles. The molecule has 0 aliphatic heterocycles.